The Morgan fingerprint density at radius 2 is 2.21 bits per heavy atom. The van der Waals surface area contributed by atoms with E-state index in [1.807, 2.05) is 19.1 Å². The summed E-state index contributed by atoms with van der Waals surface area (Å²) < 4.78 is 0. The van der Waals surface area contributed by atoms with Crippen molar-refractivity contribution >= 4 is 5.82 Å². The Hall–Kier alpha value is -1.60. The molecule has 1 aromatic heterocycles. The number of anilines is 1. The number of hydrogen-bond acceptors (Lipinski definition) is 4. The van der Waals surface area contributed by atoms with E-state index >= 15 is 0 Å². The monoisotopic (exact) mass is 256 g/mol. The van der Waals surface area contributed by atoms with Crippen molar-refractivity contribution in [3.63, 3.8) is 0 Å². The van der Waals surface area contributed by atoms with Crippen LogP contribution in [0.25, 0.3) is 0 Å². The minimum Gasteiger partial charge on any atom is -0.355 e. The molecule has 2 N–H and O–H groups in total. The Bertz CT molecular complexity index is 519. The molecule has 19 heavy (non-hydrogen) atoms. The number of nitrogens with zero attached hydrogens (tertiary/aromatic N) is 3. The lowest BCUT2D eigenvalue weighted by Crippen LogP contribution is -2.38. The molecular formula is C15H20N4. The molecule has 4 nitrogen and oxygen atoms in total. The van der Waals surface area contributed by atoms with E-state index in [0.717, 1.165) is 31.0 Å². The Morgan fingerprint density at radius 3 is 2.95 bits per heavy atom. The van der Waals surface area contributed by atoms with Gasteiger partial charge in [-0.2, -0.15) is 5.26 Å². The number of nitriles is 1. The van der Waals surface area contributed by atoms with E-state index < -0.39 is 0 Å². The summed E-state index contributed by atoms with van der Waals surface area (Å²) in [6.45, 7) is 3.93. The summed E-state index contributed by atoms with van der Waals surface area (Å²) in [7, 11) is 0. The molecule has 1 saturated heterocycles. The smallest absolute Gasteiger partial charge is 0.146 e. The zero-order valence-electron chi connectivity index (χ0n) is 11.3. The first-order chi connectivity index (χ1) is 9.19. The highest BCUT2D eigenvalue weighted by molar-refractivity contribution is 5.55. The molecule has 3 rings (SSSR count). The fraction of sp³-hybridized carbons (Fsp3) is 0.600. The van der Waals surface area contributed by atoms with Gasteiger partial charge >= 0.3 is 0 Å². The Morgan fingerprint density at radius 1 is 1.37 bits per heavy atom. The highest BCUT2D eigenvalue weighted by Crippen LogP contribution is 2.37. The summed E-state index contributed by atoms with van der Waals surface area (Å²) >= 11 is 0. The third kappa shape index (κ3) is 2.19. The van der Waals surface area contributed by atoms with Crippen LogP contribution in [0, 0.1) is 30.1 Å². The van der Waals surface area contributed by atoms with Crippen molar-refractivity contribution in [1.29, 1.82) is 5.26 Å². The van der Waals surface area contributed by atoms with E-state index in [0.29, 0.717) is 23.4 Å². The van der Waals surface area contributed by atoms with E-state index in [-0.39, 0.29) is 0 Å². The van der Waals surface area contributed by atoms with Gasteiger partial charge in [0.05, 0.1) is 5.56 Å². The Kier molecular flexibility index (Phi) is 3.16. The summed E-state index contributed by atoms with van der Waals surface area (Å²) in [6.07, 6.45) is 3.65. The third-order valence-corrected chi connectivity index (χ3v) is 4.59. The van der Waals surface area contributed by atoms with Crippen LogP contribution in [0.15, 0.2) is 12.1 Å². The molecule has 1 aromatic rings. The van der Waals surface area contributed by atoms with E-state index in [9.17, 15) is 5.26 Å². The van der Waals surface area contributed by atoms with Gasteiger partial charge in [-0.25, -0.2) is 4.98 Å². The normalized spacial score (nSPS) is 29.9. The molecule has 0 radical (unpaired) electrons. The van der Waals surface area contributed by atoms with E-state index in [4.69, 9.17) is 5.73 Å². The van der Waals surface area contributed by atoms with Gasteiger partial charge < -0.3 is 10.6 Å². The van der Waals surface area contributed by atoms with Crippen molar-refractivity contribution in [2.75, 3.05) is 18.0 Å². The van der Waals surface area contributed by atoms with Gasteiger partial charge in [0.1, 0.15) is 11.9 Å². The molecule has 3 unspecified atom stereocenters. The molecule has 1 aliphatic carbocycles. The van der Waals surface area contributed by atoms with E-state index in [1.165, 1.54) is 12.8 Å². The van der Waals surface area contributed by atoms with Gasteiger partial charge in [-0.05, 0) is 43.7 Å². The highest BCUT2D eigenvalue weighted by Gasteiger charge is 2.39. The number of hydrogen-bond donors (Lipinski definition) is 1. The molecule has 1 aliphatic heterocycles. The fourth-order valence-electron chi connectivity index (χ4n) is 3.56. The number of aryl methyl sites for hydroxylation is 1. The molecule has 0 aromatic carbocycles. The predicted molar refractivity (Wildman–Crippen MR) is 74.7 cm³/mol. The second-order valence-electron chi connectivity index (χ2n) is 5.86. The molecule has 3 atom stereocenters. The molecule has 0 amide bonds. The predicted octanol–water partition coefficient (Wildman–Crippen LogP) is 1.83. The zero-order valence-corrected chi connectivity index (χ0v) is 11.3. The number of nitrogens with two attached hydrogens (primary N) is 1. The van der Waals surface area contributed by atoms with Crippen molar-refractivity contribution in [3.8, 4) is 6.07 Å². The van der Waals surface area contributed by atoms with Crippen LogP contribution in [0.3, 0.4) is 0 Å². The lowest BCUT2D eigenvalue weighted by Gasteiger charge is -2.29. The van der Waals surface area contributed by atoms with E-state index in [1.54, 1.807) is 0 Å². The molecule has 1 saturated carbocycles. The van der Waals surface area contributed by atoms with Crippen molar-refractivity contribution in [2.45, 2.75) is 32.2 Å². The van der Waals surface area contributed by atoms with Crippen molar-refractivity contribution < 1.29 is 0 Å². The Labute approximate surface area is 114 Å². The molecule has 2 heterocycles. The lowest BCUT2D eigenvalue weighted by molar-refractivity contribution is 0.260. The summed E-state index contributed by atoms with van der Waals surface area (Å²) in [6, 6.07) is 6.35. The third-order valence-electron chi connectivity index (χ3n) is 4.59. The van der Waals surface area contributed by atoms with Crippen LogP contribution < -0.4 is 10.6 Å². The second kappa shape index (κ2) is 4.82. The number of rotatable bonds is 1. The maximum absolute atomic E-state index is 9.24. The molecule has 2 fully saturated rings. The van der Waals surface area contributed by atoms with Gasteiger partial charge in [0, 0.05) is 24.8 Å². The van der Waals surface area contributed by atoms with Crippen LogP contribution in [-0.2, 0) is 0 Å². The molecular weight excluding hydrogens is 236 g/mol. The number of pyridine rings is 1. The summed E-state index contributed by atoms with van der Waals surface area (Å²) in [5.74, 6) is 2.10. The van der Waals surface area contributed by atoms with Crippen LogP contribution in [0.4, 0.5) is 5.82 Å². The second-order valence-corrected chi connectivity index (χ2v) is 5.86. The highest BCUT2D eigenvalue weighted by atomic mass is 15.2. The number of aromatic nitrogens is 1. The molecule has 100 valence electrons. The summed E-state index contributed by atoms with van der Waals surface area (Å²) in [4.78, 5) is 6.84. The summed E-state index contributed by atoms with van der Waals surface area (Å²) in [5.41, 5.74) is 7.89. The minimum atomic E-state index is 0.319. The van der Waals surface area contributed by atoms with Crippen LogP contribution in [0.2, 0.25) is 0 Å². The largest absolute Gasteiger partial charge is 0.355 e. The van der Waals surface area contributed by atoms with Gasteiger partial charge in [-0.15, -0.1) is 0 Å². The first-order valence-corrected chi connectivity index (χ1v) is 7.07. The van der Waals surface area contributed by atoms with Crippen molar-refractivity contribution in [2.24, 2.45) is 17.6 Å². The first kappa shape index (κ1) is 12.4. The van der Waals surface area contributed by atoms with Crippen LogP contribution in [0.1, 0.15) is 30.5 Å². The van der Waals surface area contributed by atoms with Crippen LogP contribution >= 0.6 is 0 Å². The molecule has 0 spiro atoms. The molecule has 2 aliphatic rings. The van der Waals surface area contributed by atoms with Gasteiger partial charge in [-0.1, -0.05) is 6.42 Å². The maximum atomic E-state index is 9.24. The Balaban J connectivity index is 1.88. The van der Waals surface area contributed by atoms with Gasteiger partial charge in [0.25, 0.3) is 0 Å². The quantitative estimate of drug-likeness (QED) is 0.832. The first-order valence-electron chi connectivity index (χ1n) is 7.07. The SMILES string of the molecule is Cc1ccc(C#N)c(N2CC3CCCC(N)C3C2)n1. The lowest BCUT2D eigenvalue weighted by atomic mass is 9.78. The molecule has 4 heteroatoms. The van der Waals surface area contributed by atoms with Gasteiger partial charge in [0.2, 0.25) is 0 Å². The topological polar surface area (TPSA) is 65.9 Å². The van der Waals surface area contributed by atoms with E-state index in [2.05, 4.69) is 16.0 Å². The van der Waals surface area contributed by atoms with Gasteiger partial charge in [0.15, 0.2) is 0 Å². The summed E-state index contributed by atoms with van der Waals surface area (Å²) in [5, 5.41) is 9.24. The minimum absolute atomic E-state index is 0.319. The van der Waals surface area contributed by atoms with Gasteiger partial charge in [-0.3, -0.25) is 0 Å². The van der Waals surface area contributed by atoms with Crippen molar-refractivity contribution in [3.05, 3.63) is 23.4 Å². The van der Waals surface area contributed by atoms with Crippen LogP contribution in [-0.4, -0.2) is 24.1 Å². The zero-order chi connectivity index (χ0) is 13.4. The van der Waals surface area contributed by atoms with Crippen LogP contribution in [0.5, 0.6) is 0 Å². The average Bonchev–Trinajstić information content (AvgIpc) is 2.84. The number of fused-ring (bicyclic) bond motifs is 1. The standard InChI is InChI=1S/C15H20N4/c1-10-5-6-11(7-16)15(18-10)19-8-12-3-2-4-14(17)13(12)9-19/h5-6,12-14H,2-4,8-9,17H2,1H3. The molecule has 0 bridgehead atoms. The average molecular weight is 256 g/mol. The van der Waals surface area contributed by atoms with Crippen molar-refractivity contribution in [1.82, 2.24) is 4.98 Å². The maximum Gasteiger partial charge on any atom is 0.146 e. The fourth-order valence-corrected chi connectivity index (χ4v) is 3.56.